The molecular weight excluding hydrogens is 1030 g/mol. The molecule has 0 aromatic heterocycles. The smallest absolute Gasteiger partial charge is 0.302 e. The van der Waals surface area contributed by atoms with Crippen LogP contribution >= 0.6 is 0 Å². The van der Waals surface area contributed by atoms with Crippen molar-refractivity contribution in [1.29, 1.82) is 0 Å². The standard InChI is InChI=1S/C54H88O24/c1-23(58)72-33-16-48(2,3)14-30-53(33)22-71-54(30)13-9-29-49(4)11-10-32(50(5,21-57)28(49)8-12-51(29,6)52(54,7)15-31(53)60)76-46-42(78-45-41(68)38(65)35(62)25(17-55)73-45)37(64)27(20-70-46)75-47-43(39(66)36(63)26(18-56)74-47)77-44-40(67)34(61)24(59)19-69-44/h24-47,55-57,59-68H,8-22H2,1-7H3/t24-,25-,26-,27+,28-,29-,30-,31-,32+,33+,34+,35-,36-,37+,38+,39+,40-,41-,42-,43-,44+,45+,46+,47+,49+,50+,51-,52+,53+,54+/m1/s1. The van der Waals surface area contributed by atoms with Gasteiger partial charge in [-0.05, 0) is 85.9 Å². The summed E-state index contributed by atoms with van der Waals surface area (Å²) in [5.41, 5.74) is -3.60. The third kappa shape index (κ3) is 9.02. The van der Waals surface area contributed by atoms with Crippen LogP contribution in [-0.2, 0) is 52.2 Å². The molecule has 1 spiro atoms. The first-order chi connectivity index (χ1) is 36.6. The highest BCUT2D eigenvalue weighted by Gasteiger charge is 2.82. The summed E-state index contributed by atoms with van der Waals surface area (Å²) in [5.74, 6) is -0.425. The molecule has 24 nitrogen and oxygen atoms in total. The number of fused-ring (bicyclic) bond motifs is 4. The summed E-state index contributed by atoms with van der Waals surface area (Å²) in [7, 11) is 0. The Balaban J connectivity index is 0.915. The highest BCUT2D eigenvalue weighted by Crippen LogP contribution is 2.81. The highest BCUT2D eigenvalue weighted by molar-refractivity contribution is 5.66. The lowest BCUT2D eigenvalue weighted by molar-refractivity contribution is -0.393. The van der Waals surface area contributed by atoms with Gasteiger partial charge in [-0.1, -0.05) is 41.5 Å². The number of carbonyl (C=O) groups is 1. The van der Waals surface area contributed by atoms with E-state index in [-0.39, 0.29) is 46.6 Å². The number of aliphatic hydroxyl groups excluding tert-OH is 13. The predicted octanol–water partition coefficient (Wildman–Crippen LogP) is -2.56. The van der Waals surface area contributed by atoms with Crippen LogP contribution in [0.3, 0.4) is 0 Å². The molecule has 0 unspecified atom stereocenters. The lowest BCUT2D eigenvalue weighted by Crippen LogP contribution is -2.75. The number of carbonyl (C=O) groups excluding carboxylic acids is 1. The van der Waals surface area contributed by atoms with Crippen molar-refractivity contribution >= 4 is 5.97 Å². The van der Waals surface area contributed by atoms with E-state index in [0.29, 0.717) is 38.7 Å². The average molecular weight is 1120 g/mol. The molecule has 10 rings (SSSR count). The van der Waals surface area contributed by atoms with Gasteiger partial charge in [0.1, 0.15) is 91.6 Å². The molecule has 30 atom stereocenters. The van der Waals surface area contributed by atoms with Gasteiger partial charge in [0.15, 0.2) is 25.2 Å². The number of hydrogen-bond acceptors (Lipinski definition) is 24. The van der Waals surface area contributed by atoms with Crippen molar-refractivity contribution in [2.75, 3.05) is 39.6 Å². The van der Waals surface area contributed by atoms with Crippen molar-refractivity contribution in [2.24, 2.45) is 50.2 Å². The summed E-state index contributed by atoms with van der Waals surface area (Å²) in [4.78, 5) is 12.6. The van der Waals surface area contributed by atoms with Crippen molar-refractivity contribution in [2.45, 2.75) is 241 Å². The maximum Gasteiger partial charge on any atom is 0.302 e. The van der Waals surface area contributed by atoms with Crippen LogP contribution in [-0.4, -0.2) is 247 Å². The Morgan fingerprint density at radius 3 is 1.85 bits per heavy atom. The van der Waals surface area contributed by atoms with Gasteiger partial charge < -0.3 is 114 Å². The van der Waals surface area contributed by atoms with Crippen molar-refractivity contribution in [3.05, 3.63) is 0 Å². The fraction of sp³-hybridized carbons (Fsp3) is 0.981. The van der Waals surface area contributed by atoms with Crippen LogP contribution < -0.4 is 0 Å². The third-order valence-corrected chi connectivity index (χ3v) is 22.3. The Labute approximate surface area is 454 Å². The van der Waals surface area contributed by atoms with Gasteiger partial charge in [-0.2, -0.15) is 0 Å². The van der Waals surface area contributed by atoms with E-state index in [1.807, 2.05) is 6.92 Å². The molecule has 13 N–H and O–H groups in total. The fourth-order valence-electron chi connectivity index (χ4n) is 17.9. The summed E-state index contributed by atoms with van der Waals surface area (Å²) >= 11 is 0. The van der Waals surface area contributed by atoms with Crippen molar-refractivity contribution in [1.82, 2.24) is 0 Å². The molecule has 0 radical (unpaired) electrons. The van der Waals surface area contributed by atoms with E-state index < -0.39 is 177 Å². The Hall–Kier alpha value is -1.41. The maximum absolute atomic E-state index is 12.6. The molecule has 10 fully saturated rings. The topological polar surface area (TPSA) is 372 Å². The number of rotatable bonds is 12. The molecular formula is C54H88O24. The van der Waals surface area contributed by atoms with Crippen molar-refractivity contribution in [3.8, 4) is 0 Å². The summed E-state index contributed by atoms with van der Waals surface area (Å²) in [6, 6.07) is 0. The first kappa shape index (κ1) is 59.7. The minimum absolute atomic E-state index is 0.0473. The lowest BCUT2D eigenvalue weighted by atomic mass is 9.30. The first-order valence-corrected chi connectivity index (χ1v) is 28.2. The number of esters is 1. The van der Waals surface area contributed by atoms with Gasteiger partial charge >= 0.3 is 5.97 Å². The minimum atomic E-state index is -1.93. The Morgan fingerprint density at radius 1 is 0.564 bits per heavy atom. The van der Waals surface area contributed by atoms with E-state index >= 15 is 0 Å². The van der Waals surface area contributed by atoms with Gasteiger partial charge in [0.2, 0.25) is 0 Å². The zero-order valence-electron chi connectivity index (χ0n) is 45.8. The zero-order chi connectivity index (χ0) is 56.6. The molecule has 10 aliphatic rings. The minimum Gasteiger partial charge on any atom is -0.462 e. The average Bonchev–Trinajstić information content (AvgIpc) is 3.85. The van der Waals surface area contributed by atoms with Crippen molar-refractivity contribution < 1.29 is 119 Å². The molecule has 5 saturated carbocycles. The zero-order valence-corrected chi connectivity index (χ0v) is 45.8. The Kier molecular flexibility index (Phi) is 16.3. The summed E-state index contributed by atoms with van der Waals surface area (Å²) in [5, 5.41) is 143. The van der Waals surface area contributed by atoms with Gasteiger partial charge in [0, 0.05) is 23.7 Å². The molecule has 2 bridgehead atoms. The largest absolute Gasteiger partial charge is 0.462 e. The van der Waals surface area contributed by atoms with Gasteiger partial charge in [0.25, 0.3) is 0 Å². The molecule has 5 saturated heterocycles. The molecule has 0 amide bonds. The molecule has 24 heteroatoms. The third-order valence-electron chi connectivity index (χ3n) is 22.3. The van der Waals surface area contributed by atoms with E-state index in [4.69, 9.17) is 47.4 Å². The number of aliphatic hydroxyl groups is 13. The Bertz CT molecular complexity index is 2140. The fourth-order valence-corrected chi connectivity index (χ4v) is 17.9. The van der Waals surface area contributed by atoms with Gasteiger partial charge in [0.05, 0.1) is 62.9 Å². The van der Waals surface area contributed by atoms with Gasteiger partial charge in [-0.3, -0.25) is 4.79 Å². The van der Waals surface area contributed by atoms with Crippen LogP contribution in [0.4, 0.5) is 0 Å². The van der Waals surface area contributed by atoms with Crippen LogP contribution in [0, 0.1) is 50.2 Å². The highest BCUT2D eigenvalue weighted by atomic mass is 16.8. The molecule has 5 aliphatic heterocycles. The van der Waals surface area contributed by atoms with E-state index in [1.54, 1.807) is 0 Å². The summed E-state index contributed by atoms with van der Waals surface area (Å²) < 4.78 is 61.9. The van der Waals surface area contributed by atoms with Gasteiger partial charge in [-0.25, -0.2) is 0 Å². The monoisotopic (exact) mass is 1120 g/mol. The summed E-state index contributed by atoms with van der Waals surface area (Å²) in [6.07, 6.45) is -26.7. The second kappa shape index (κ2) is 21.3. The molecule has 0 aromatic carbocycles. The molecule has 5 aliphatic carbocycles. The quantitative estimate of drug-likeness (QED) is 0.0706. The lowest BCUT2D eigenvalue weighted by Gasteiger charge is -2.75. The second-order valence-electron chi connectivity index (χ2n) is 26.7. The van der Waals surface area contributed by atoms with E-state index in [2.05, 4.69) is 34.6 Å². The van der Waals surface area contributed by atoms with E-state index in [0.717, 1.165) is 25.7 Å². The van der Waals surface area contributed by atoms with Crippen LogP contribution in [0.5, 0.6) is 0 Å². The molecule has 448 valence electrons. The van der Waals surface area contributed by atoms with E-state index in [9.17, 15) is 71.2 Å². The maximum atomic E-state index is 12.6. The van der Waals surface area contributed by atoms with Crippen LogP contribution in [0.25, 0.3) is 0 Å². The summed E-state index contributed by atoms with van der Waals surface area (Å²) in [6.45, 7) is 12.3. The number of hydrogen-bond donors (Lipinski definition) is 13. The first-order valence-electron chi connectivity index (χ1n) is 28.2. The molecule has 5 heterocycles. The van der Waals surface area contributed by atoms with Crippen LogP contribution in [0.1, 0.15) is 106 Å². The van der Waals surface area contributed by atoms with Crippen LogP contribution in [0.2, 0.25) is 0 Å². The van der Waals surface area contributed by atoms with E-state index in [1.165, 1.54) is 6.92 Å². The normalized spacial score (nSPS) is 56.7. The SMILES string of the molecule is CC(=O)O[C@H]1CC(C)(C)C[C@@H]2[C@]13CO[C@@]21CC[C@@H]2[C@@]4(C)CC[C@H](O[C@@H]5OC[C@H](O[C@@H]6O[C@H](CO)[C@@H](O)[C@H](O)[C@H]6O[C@@H]6OC[C@@H](O)[C@H](O)[C@H]6O)[C@H](O)[C@H]5O[C@@H]5O[C@H](CO)[C@@H](O)[C@H](O)[C@H]5O)[C@@](C)(CO)[C@@H]4CC[C@@]2(C)[C@]1(C)C[C@H]3O. The van der Waals surface area contributed by atoms with Gasteiger partial charge in [-0.15, -0.1) is 0 Å². The Morgan fingerprint density at radius 2 is 1.18 bits per heavy atom. The predicted molar refractivity (Wildman–Crippen MR) is 263 cm³/mol. The molecule has 78 heavy (non-hydrogen) atoms. The molecule has 0 aromatic rings. The second-order valence-corrected chi connectivity index (χ2v) is 26.7. The van der Waals surface area contributed by atoms with Crippen LogP contribution in [0.15, 0.2) is 0 Å². The number of ether oxygens (including phenoxy) is 10. The van der Waals surface area contributed by atoms with Crippen molar-refractivity contribution in [3.63, 3.8) is 0 Å².